The van der Waals surface area contributed by atoms with E-state index >= 15 is 0 Å². The Labute approximate surface area is 138 Å². The molecule has 0 aliphatic rings. The molecule has 0 fully saturated rings. The lowest BCUT2D eigenvalue weighted by molar-refractivity contribution is -0.131. The maximum atomic E-state index is 12.4. The zero-order valence-corrected chi connectivity index (χ0v) is 14.0. The second kappa shape index (κ2) is 6.36. The number of amides is 1. The number of halogens is 1. The van der Waals surface area contributed by atoms with Crippen LogP contribution in [-0.2, 0) is 17.9 Å². The molecule has 1 aromatic heterocycles. The molecule has 2 aromatic carbocycles. The molecule has 0 saturated heterocycles. The van der Waals surface area contributed by atoms with Crippen LogP contribution in [0.5, 0.6) is 0 Å². The molecule has 0 N–H and O–H groups in total. The number of nitrogens with zero attached hydrogens (tertiary/aromatic N) is 2. The van der Waals surface area contributed by atoms with Crippen LogP contribution in [0.2, 0.25) is 0 Å². The van der Waals surface area contributed by atoms with Gasteiger partial charge in [-0.25, -0.2) is 0 Å². The highest BCUT2D eigenvalue weighted by Gasteiger charge is 2.12. The Balaban J connectivity index is 1.74. The van der Waals surface area contributed by atoms with Gasteiger partial charge in [-0.3, -0.25) is 4.79 Å². The number of rotatable bonds is 4. The summed E-state index contributed by atoms with van der Waals surface area (Å²) in [4.78, 5) is 14.2. The minimum absolute atomic E-state index is 0.0985. The fraction of sp³-hybridized carbons (Fsp3) is 0.167. The summed E-state index contributed by atoms with van der Waals surface area (Å²) >= 11 is 3.54. The van der Waals surface area contributed by atoms with Crippen LogP contribution in [-0.4, -0.2) is 22.4 Å². The van der Waals surface area contributed by atoms with Crippen molar-refractivity contribution in [3.05, 3.63) is 70.8 Å². The standard InChI is InChI=1S/C18H17BrN2O/c1-20(12-14-6-3-2-4-7-14)18(22)13-21-11-10-15-16(19)8-5-9-17(15)21/h2-11H,12-13H2,1H3. The van der Waals surface area contributed by atoms with Gasteiger partial charge in [0.25, 0.3) is 0 Å². The van der Waals surface area contributed by atoms with Gasteiger partial charge in [-0.05, 0) is 23.8 Å². The molecular weight excluding hydrogens is 340 g/mol. The Bertz CT molecular complexity index is 795. The Kier molecular flexibility index (Phi) is 4.29. The van der Waals surface area contributed by atoms with E-state index in [0.29, 0.717) is 13.1 Å². The summed E-state index contributed by atoms with van der Waals surface area (Å²) in [6.07, 6.45) is 1.96. The number of aromatic nitrogens is 1. The number of carbonyl (C=O) groups excluding carboxylic acids is 1. The van der Waals surface area contributed by atoms with Crippen LogP contribution in [0.15, 0.2) is 65.3 Å². The van der Waals surface area contributed by atoms with Crippen molar-refractivity contribution < 1.29 is 4.79 Å². The zero-order valence-electron chi connectivity index (χ0n) is 12.4. The van der Waals surface area contributed by atoms with Gasteiger partial charge in [0, 0.05) is 35.2 Å². The van der Waals surface area contributed by atoms with E-state index in [2.05, 4.69) is 15.9 Å². The molecule has 4 heteroatoms. The van der Waals surface area contributed by atoms with Gasteiger partial charge in [-0.15, -0.1) is 0 Å². The number of carbonyl (C=O) groups is 1. The van der Waals surface area contributed by atoms with Crippen molar-refractivity contribution in [2.45, 2.75) is 13.1 Å². The lowest BCUT2D eigenvalue weighted by Crippen LogP contribution is -2.29. The summed E-state index contributed by atoms with van der Waals surface area (Å²) in [5.74, 6) is 0.0985. The summed E-state index contributed by atoms with van der Waals surface area (Å²) in [5, 5.41) is 1.13. The third-order valence-corrected chi connectivity index (χ3v) is 4.45. The Morgan fingerprint density at radius 2 is 1.86 bits per heavy atom. The van der Waals surface area contributed by atoms with Crippen LogP contribution in [0.1, 0.15) is 5.56 Å². The average Bonchev–Trinajstić information content (AvgIpc) is 2.93. The summed E-state index contributed by atoms with van der Waals surface area (Å²) in [6.45, 7) is 0.978. The molecule has 0 spiro atoms. The van der Waals surface area contributed by atoms with Crippen molar-refractivity contribution in [1.29, 1.82) is 0 Å². The van der Waals surface area contributed by atoms with Crippen molar-refractivity contribution in [2.75, 3.05) is 7.05 Å². The Morgan fingerprint density at radius 3 is 2.64 bits per heavy atom. The average molecular weight is 357 g/mol. The van der Waals surface area contributed by atoms with Crippen molar-refractivity contribution in [3.63, 3.8) is 0 Å². The number of hydrogen-bond donors (Lipinski definition) is 0. The highest BCUT2D eigenvalue weighted by molar-refractivity contribution is 9.10. The molecule has 0 saturated carbocycles. The molecule has 3 aromatic rings. The third-order valence-electron chi connectivity index (χ3n) is 3.75. The van der Waals surface area contributed by atoms with E-state index in [-0.39, 0.29) is 5.91 Å². The van der Waals surface area contributed by atoms with E-state index in [4.69, 9.17) is 0 Å². The molecule has 112 valence electrons. The second-order valence-corrected chi connectivity index (χ2v) is 6.21. The summed E-state index contributed by atoms with van der Waals surface area (Å²) in [7, 11) is 1.84. The predicted octanol–water partition coefficient (Wildman–Crippen LogP) is 4.06. The first-order valence-corrected chi connectivity index (χ1v) is 7.96. The van der Waals surface area contributed by atoms with Gasteiger partial charge in [0.15, 0.2) is 0 Å². The molecule has 1 heterocycles. The van der Waals surface area contributed by atoms with E-state index in [1.165, 1.54) is 0 Å². The topological polar surface area (TPSA) is 25.2 Å². The SMILES string of the molecule is CN(Cc1ccccc1)C(=O)Cn1ccc2c(Br)cccc21. The fourth-order valence-corrected chi connectivity index (χ4v) is 3.02. The van der Waals surface area contributed by atoms with Gasteiger partial charge in [0.1, 0.15) is 6.54 Å². The van der Waals surface area contributed by atoms with Gasteiger partial charge < -0.3 is 9.47 Å². The molecule has 1 amide bonds. The maximum Gasteiger partial charge on any atom is 0.242 e. The van der Waals surface area contributed by atoms with Crippen LogP contribution in [0, 0.1) is 0 Å². The van der Waals surface area contributed by atoms with Gasteiger partial charge in [-0.2, -0.15) is 0 Å². The molecule has 0 bridgehead atoms. The smallest absolute Gasteiger partial charge is 0.242 e. The third kappa shape index (κ3) is 3.07. The molecular formula is C18H17BrN2O. The van der Waals surface area contributed by atoms with Crippen molar-refractivity contribution in [3.8, 4) is 0 Å². The van der Waals surface area contributed by atoms with Gasteiger partial charge in [-0.1, -0.05) is 52.3 Å². The van der Waals surface area contributed by atoms with E-state index in [9.17, 15) is 4.79 Å². The van der Waals surface area contributed by atoms with Crippen LogP contribution in [0.25, 0.3) is 10.9 Å². The lowest BCUT2D eigenvalue weighted by Gasteiger charge is -2.18. The molecule has 0 aliphatic carbocycles. The monoisotopic (exact) mass is 356 g/mol. The quantitative estimate of drug-likeness (QED) is 0.691. The van der Waals surface area contributed by atoms with Crippen LogP contribution >= 0.6 is 15.9 Å². The molecule has 22 heavy (non-hydrogen) atoms. The molecule has 0 atom stereocenters. The van der Waals surface area contributed by atoms with Gasteiger partial charge >= 0.3 is 0 Å². The van der Waals surface area contributed by atoms with Crippen LogP contribution in [0.4, 0.5) is 0 Å². The molecule has 3 nitrogen and oxygen atoms in total. The first-order valence-electron chi connectivity index (χ1n) is 7.16. The van der Waals surface area contributed by atoms with E-state index in [1.807, 2.05) is 72.4 Å². The predicted molar refractivity (Wildman–Crippen MR) is 92.6 cm³/mol. The summed E-state index contributed by atoms with van der Waals surface area (Å²) in [5.41, 5.74) is 2.20. The number of hydrogen-bond acceptors (Lipinski definition) is 1. The fourth-order valence-electron chi connectivity index (χ4n) is 2.54. The lowest BCUT2D eigenvalue weighted by atomic mass is 10.2. The molecule has 0 unspecified atom stereocenters. The van der Waals surface area contributed by atoms with Crippen LogP contribution in [0.3, 0.4) is 0 Å². The minimum atomic E-state index is 0.0985. The van der Waals surface area contributed by atoms with Crippen LogP contribution < -0.4 is 0 Å². The number of likely N-dealkylation sites (N-methyl/N-ethyl adjacent to an activating group) is 1. The van der Waals surface area contributed by atoms with Crippen molar-refractivity contribution in [1.82, 2.24) is 9.47 Å². The van der Waals surface area contributed by atoms with Gasteiger partial charge in [0.05, 0.1) is 0 Å². The minimum Gasteiger partial charge on any atom is -0.340 e. The van der Waals surface area contributed by atoms with Crippen molar-refractivity contribution >= 4 is 32.7 Å². The summed E-state index contributed by atoms with van der Waals surface area (Å²) < 4.78 is 3.04. The first kappa shape index (κ1) is 14.9. The van der Waals surface area contributed by atoms with Gasteiger partial charge in [0.2, 0.25) is 5.91 Å². The normalized spacial score (nSPS) is 10.8. The van der Waals surface area contributed by atoms with E-state index in [1.54, 1.807) is 4.90 Å². The highest BCUT2D eigenvalue weighted by atomic mass is 79.9. The second-order valence-electron chi connectivity index (χ2n) is 5.35. The first-order chi connectivity index (χ1) is 10.6. The van der Waals surface area contributed by atoms with E-state index in [0.717, 1.165) is 20.9 Å². The molecule has 3 rings (SSSR count). The Hall–Kier alpha value is -2.07. The largest absolute Gasteiger partial charge is 0.340 e. The molecule has 0 aliphatic heterocycles. The highest BCUT2D eigenvalue weighted by Crippen LogP contribution is 2.24. The Morgan fingerprint density at radius 1 is 1.09 bits per heavy atom. The maximum absolute atomic E-state index is 12.4. The van der Waals surface area contributed by atoms with Crippen molar-refractivity contribution in [2.24, 2.45) is 0 Å². The zero-order chi connectivity index (χ0) is 15.5. The number of benzene rings is 2. The van der Waals surface area contributed by atoms with E-state index < -0.39 is 0 Å². The molecule has 0 radical (unpaired) electrons. The summed E-state index contributed by atoms with van der Waals surface area (Å²) in [6, 6.07) is 18.1. The number of fused-ring (bicyclic) bond motifs is 1.